The number of carbonyl (C=O) groups excluding carboxylic acids is 1. The summed E-state index contributed by atoms with van der Waals surface area (Å²) in [7, 11) is 0. The molecule has 0 aromatic heterocycles. The van der Waals surface area contributed by atoms with E-state index in [-0.39, 0.29) is 0 Å². The predicted molar refractivity (Wildman–Crippen MR) is 71.8 cm³/mol. The number of allylic oxidation sites excluding steroid dienone is 1. The highest BCUT2D eigenvalue weighted by Crippen LogP contribution is 2.18. The van der Waals surface area contributed by atoms with Gasteiger partial charge in [0.1, 0.15) is 0 Å². The summed E-state index contributed by atoms with van der Waals surface area (Å²) in [5.74, 6) is 0. The fraction of sp³-hybridized carbons (Fsp3) is 0. The quantitative estimate of drug-likeness (QED) is 0.450. The van der Waals surface area contributed by atoms with Gasteiger partial charge in [0.15, 0.2) is 6.29 Å². The molecule has 0 amide bonds. The summed E-state index contributed by atoms with van der Waals surface area (Å²) in [6, 6.07) is 17.0. The first-order chi connectivity index (χ1) is 8.29. The van der Waals surface area contributed by atoms with Crippen molar-refractivity contribution in [2.45, 2.75) is 0 Å². The van der Waals surface area contributed by atoms with Gasteiger partial charge in [0.2, 0.25) is 0 Å². The Morgan fingerprint density at radius 2 is 1.59 bits per heavy atom. The van der Waals surface area contributed by atoms with Crippen LogP contribution in [0.1, 0.15) is 11.1 Å². The van der Waals surface area contributed by atoms with Crippen LogP contribution in [0.15, 0.2) is 54.6 Å². The van der Waals surface area contributed by atoms with Crippen molar-refractivity contribution in [3.8, 4) is 0 Å². The largest absolute Gasteiger partial charge is 0.298 e. The molecule has 0 fully saturated rings. The molecule has 0 unspecified atom stereocenters. The van der Waals surface area contributed by atoms with Gasteiger partial charge in [-0.25, -0.2) is 0 Å². The van der Waals surface area contributed by atoms with Crippen molar-refractivity contribution in [1.29, 1.82) is 0 Å². The van der Waals surface area contributed by atoms with Crippen molar-refractivity contribution >= 4 is 29.5 Å². The van der Waals surface area contributed by atoms with Crippen molar-refractivity contribution in [3.05, 3.63) is 70.7 Å². The Labute approximate surface area is 105 Å². The van der Waals surface area contributed by atoms with Gasteiger partial charge in [-0.3, -0.25) is 4.79 Å². The van der Waals surface area contributed by atoms with E-state index in [2.05, 4.69) is 0 Å². The maximum absolute atomic E-state index is 11.1. The van der Waals surface area contributed by atoms with Crippen molar-refractivity contribution in [2.75, 3.05) is 0 Å². The molecule has 2 aromatic carbocycles. The van der Waals surface area contributed by atoms with Crippen LogP contribution >= 0.6 is 11.6 Å². The van der Waals surface area contributed by atoms with Crippen LogP contribution in [0, 0.1) is 0 Å². The normalized spacial score (nSPS) is 11.2. The summed E-state index contributed by atoms with van der Waals surface area (Å²) in [5.41, 5.74) is 2.52. The molecular weight excluding hydrogens is 232 g/mol. The van der Waals surface area contributed by atoms with Crippen LogP contribution in [0.4, 0.5) is 0 Å². The Morgan fingerprint density at radius 3 is 2.18 bits per heavy atom. The summed E-state index contributed by atoms with van der Waals surface area (Å²) in [4.78, 5) is 11.1. The summed E-state index contributed by atoms with van der Waals surface area (Å²) in [6.07, 6.45) is 2.71. The van der Waals surface area contributed by atoms with E-state index in [9.17, 15) is 4.79 Å². The molecule has 2 aromatic rings. The monoisotopic (exact) mass is 242 g/mol. The number of halogens is 1. The Kier molecular flexibility index (Phi) is 3.73. The fourth-order valence-corrected chi connectivity index (χ4v) is 1.68. The topological polar surface area (TPSA) is 17.1 Å². The molecule has 2 heteroatoms. The van der Waals surface area contributed by atoms with Gasteiger partial charge in [-0.1, -0.05) is 54.1 Å². The Bertz CT molecular complexity index is 527. The van der Waals surface area contributed by atoms with Crippen molar-refractivity contribution < 1.29 is 4.79 Å². The van der Waals surface area contributed by atoms with E-state index >= 15 is 0 Å². The highest BCUT2D eigenvalue weighted by molar-refractivity contribution is 6.30. The Balaban J connectivity index is 2.37. The minimum absolute atomic E-state index is 0.646. The molecule has 0 saturated carbocycles. The Hall–Kier alpha value is -1.86. The lowest BCUT2D eigenvalue weighted by atomic mass is 10.0. The number of carbonyl (C=O) groups is 1. The van der Waals surface area contributed by atoms with E-state index in [0.717, 1.165) is 17.4 Å². The van der Waals surface area contributed by atoms with Crippen LogP contribution in [0.25, 0.3) is 11.6 Å². The molecule has 0 radical (unpaired) electrons. The molecule has 1 nitrogen and oxygen atoms in total. The van der Waals surface area contributed by atoms with Crippen LogP contribution in [0.2, 0.25) is 5.02 Å². The van der Waals surface area contributed by atoms with Gasteiger partial charge in [-0.05, 0) is 29.3 Å². The van der Waals surface area contributed by atoms with Crippen molar-refractivity contribution in [1.82, 2.24) is 0 Å². The molecule has 0 atom stereocenters. The van der Waals surface area contributed by atoms with Gasteiger partial charge in [0, 0.05) is 10.6 Å². The van der Waals surface area contributed by atoms with Gasteiger partial charge in [0.05, 0.1) is 0 Å². The van der Waals surface area contributed by atoms with Crippen LogP contribution in [0.3, 0.4) is 0 Å². The number of hydrogen-bond acceptors (Lipinski definition) is 1. The first-order valence-corrected chi connectivity index (χ1v) is 5.65. The molecular formula is C15H11ClO. The van der Waals surface area contributed by atoms with Gasteiger partial charge in [-0.15, -0.1) is 0 Å². The van der Waals surface area contributed by atoms with E-state index in [4.69, 9.17) is 11.6 Å². The average molecular weight is 243 g/mol. The molecule has 0 aliphatic carbocycles. The number of rotatable bonds is 3. The molecule has 0 aliphatic rings. The zero-order valence-corrected chi connectivity index (χ0v) is 9.89. The lowest BCUT2D eigenvalue weighted by Crippen LogP contribution is -1.85. The zero-order chi connectivity index (χ0) is 12.1. The fourth-order valence-electron chi connectivity index (χ4n) is 1.56. The van der Waals surface area contributed by atoms with Gasteiger partial charge in [-0.2, -0.15) is 0 Å². The lowest BCUT2D eigenvalue weighted by Gasteiger charge is -2.01. The van der Waals surface area contributed by atoms with Crippen LogP contribution < -0.4 is 0 Å². The van der Waals surface area contributed by atoms with E-state index in [0.29, 0.717) is 10.6 Å². The van der Waals surface area contributed by atoms with Gasteiger partial charge >= 0.3 is 0 Å². The standard InChI is InChI=1S/C15H11ClO/c16-15-8-6-13(7-9-15)14(11-17)10-12-4-2-1-3-5-12/h1-11H/b14-10-. The maximum Gasteiger partial charge on any atom is 0.150 e. The van der Waals surface area contributed by atoms with Crippen molar-refractivity contribution in [3.63, 3.8) is 0 Å². The summed E-state index contributed by atoms with van der Waals surface area (Å²) in [5, 5.41) is 0.665. The average Bonchev–Trinajstić information content (AvgIpc) is 2.38. The third kappa shape index (κ3) is 3.05. The number of aldehydes is 1. The molecule has 2 rings (SSSR count). The summed E-state index contributed by atoms with van der Waals surface area (Å²) in [6.45, 7) is 0. The van der Waals surface area contributed by atoms with Crippen LogP contribution in [-0.2, 0) is 4.79 Å². The van der Waals surface area contributed by atoms with Gasteiger partial charge in [0.25, 0.3) is 0 Å². The van der Waals surface area contributed by atoms with Gasteiger partial charge < -0.3 is 0 Å². The third-order valence-electron chi connectivity index (χ3n) is 2.43. The first-order valence-electron chi connectivity index (χ1n) is 5.27. The zero-order valence-electron chi connectivity index (χ0n) is 9.14. The second kappa shape index (κ2) is 5.46. The van der Waals surface area contributed by atoms with Crippen molar-refractivity contribution in [2.24, 2.45) is 0 Å². The summed E-state index contributed by atoms with van der Waals surface area (Å²) < 4.78 is 0. The van der Waals surface area contributed by atoms with Crippen LogP contribution in [0.5, 0.6) is 0 Å². The first kappa shape index (κ1) is 11.6. The molecule has 0 heterocycles. The predicted octanol–water partition coefficient (Wildman–Crippen LogP) is 4.08. The van der Waals surface area contributed by atoms with E-state index in [1.54, 1.807) is 12.1 Å². The summed E-state index contributed by atoms with van der Waals surface area (Å²) >= 11 is 5.81. The highest BCUT2D eigenvalue weighted by Gasteiger charge is 2.00. The smallest absolute Gasteiger partial charge is 0.150 e. The second-order valence-electron chi connectivity index (χ2n) is 3.64. The van der Waals surface area contributed by atoms with Crippen LogP contribution in [-0.4, -0.2) is 6.29 Å². The lowest BCUT2D eigenvalue weighted by molar-refractivity contribution is -0.103. The van der Waals surface area contributed by atoms with E-state index in [1.807, 2.05) is 48.5 Å². The Morgan fingerprint density at radius 1 is 0.941 bits per heavy atom. The number of hydrogen-bond donors (Lipinski definition) is 0. The minimum atomic E-state index is 0.646. The number of benzene rings is 2. The molecule has 0 saturated heterocycles. The second-order valence-corrected chi connectivity index (χ2v) is 4.07. The SMILES string of the molecule is O=C/C(=C/c1ccccc1)c1ccc(Cl)cc1. The third-order valence-corrected chi connectivity index (χ3v) is 2.68. The maximum atomic E-state index is 11.1. The minimum Gasteiger partial charge on any atom is -0.298 e. The highest BCUT2D eigenvalue weighted by atomic mass is 35.5. The molecule has 0 aliphatic heterocycles. The van der Waals surface area contributed by atoms with E-state index < -0.39 is 0 Å². The molecule has 0 N–H and O–H groups in total. The molecule has 0 spiro atoms. The van der Waals surface area contributed by atoms with E-state index in [1.165, 1.54) is 0 Å². The molecule has 17 heavy (non-hydrogen) atoms. The molecule has 84 valence electrons. The molecule has 0 bridgehead atoms.